The summed E-state index contributed by atoms with van der Waals surface area (Å²) in [5, 5.41) is 6.39. The maximum absolute atomic E-state index is 12.3. The van der Waals surface area contributed by atoms with E-state index >= 15 is 0 Å². The summed E-state index contributed by atoms with van der Waals surface area (Å²) in [6.07, 6.45) is 5.06. The van der Waals surface area contributed by atoms with Gasteiger partial charge in [-0.25, -0.2) is 17.9 Å². The van der Waals surface area contributed by atoms with Crippen LogP contribution in [0.25, 0.3) is 0 Å². The third-order valence-corrected chi connectivity index (χ3v) is 6.33. The molecule has 0 spiro atoms. The Labute approximate surface area is 195 Å². The molecule has 32 heavy (non-hydrogen) atoms. The average molecular weight is 479 g/mol. The highest BCUT2D eigenvalue weighted by molar-refractivity contribution is 7.89. The summed E-state index contributed by atoms with van der Waals surface area (Å²) in [4.78, 5) is 16.6. The van der Waals surface area contributed by atoms with Crippen molar-refractivity contribution in [2.24, 2.45) is 0 Å². The van der Waals surface area contributed by atoms with E-state index < -0.39 is 22.0 Å². The number of unbranched alkanes of at least 4 members (excludes halogenated alkanes) is 1. The quantitative estimate of drug-likeness (QED) is 0.242. The molecule has 1 atom stereocenters. The summed E-state index contributed by atoms with van der Waals surface area (Å²) in [6, 6.07) is 9.82. The Morgan fingerprint density at radius 3 is 2.59 bits per heavy atom. The molecule has 2 rings (SSSR count). The van der Waals surface area contributed by atoms with Crippen LogP contribution in [0.4, 0.5) is 0 Å². The Morgan fingerprint density at radius 2 is 1.94 bits per heavy atom. The molecule has 1 aromatic heterocycles. The fraction of sp³-hybridized carbons (Fsp3) is 0.409. The number of hydrogen-bond acceptors (Lipinski definition) is 6. The zero-order chi connectivity index (χ0) is 23.4. The van der Waals surface area contributed by atoms with Crippen LogP contribution in [0.2, 0.25) is 0 Å². The first kappa shape index (κ1) is 25.7. The minimum atomic E-state index is -3.55. The molecule has 0 amide bonds. The predicted octanol–water partition coefficient (Wildman–Crippen LogP) is 2.43. The molecule has 2 aromatic rings. The van der Waals surface area contributed by atoms with Crippen LogP contribution in [0, 0.1) is 6.92 Å². The lowest BCUT2D eigenvalue weighted by atomic mass is 10.1. The van der Waals surface area contributed by atoms with Crippen molar-refractivity contribution in [1.82, 2.24) is 20.3 Å². The number of aryl methyl sites for hydroxylation is 1. The Kier molecular flexibility index (Phi) is 10.5. The van der Waals surface area contributed by atoms with E-state index in [0.29, 0.717) is 30.9 Å². The Bertz CT molecular complexity index is 967. The summed E-state index contributed by atoms with van der Waals surface area (Å²) < 4.78 is 32.4. The summed E-state index contributed by atoms with van der Waals surface area (Å²) in [6.45, 7) is 4.67. The van der Waals surface area contributed by atoms with Gasteiger partial charge in [-0.1, -0.05) is 23.8 Å². The van der Waals surface area contributed by atoms with Crippen molar-refractivity contribution >= 4 is 33.3 Å². The molecule has 0 aliphatic heterocycles. The number of ether oxygens (including phenoxy) is 1. The first-order valence-corrected chi connectivity index (χ1v) is 12.4. The zero-order valence-electron chi connectivity index (χ0n) is 18.3. The van der Waals surface area contributed by atoms with Crippen LogP contribution in [0.15, 0.2) is 53.7 Å². The van der Waals surface area contributed by atoms with Crippen molar-refractivity contribution in [2.75, 3.05) is 13.2 Å². The van der Waals surface area contributed by atoms with Crippen LogP contribution in [0.1, 0.15) is 37.3 Å². The highest BCUT2D eigenvalue weighted by atomic mass is 32.2. The van der Waals surface area contributed by atoms with E-state index in [1.165, 1.54) is 0 Å². The molecule has 1 aromatic carbocycles. The second kappa shape index (κ2) is 13.1. The number of pyridine rings is 1. The van der Waals surface area contributed by atoms with Crippen LogP contribution in [-0.2, 0) is 26.1 Å². The molecule has 10 heteroatoms. The van der Waals surface area contributed by atoms with Crippen molar-refractivity contribution in [3.05, 3.63) is 59.9 Å². The van der Waals surface area contributed by atoms with Crippen molar-refractivity contribution in [1.29, 1.82) is 0 Å². The van der Waals surface area contributed by atoms with Gasteiger partial charge < -0.3 is 15.4 Å². The number of rotatable bonds is 12. The van der Waals surface area contributed by atoms with Crippen LogP contribution in [0.3, 0.4) is 0 Å². The maximum Gasteiger partial charge on any atom is 0.328 e. The highest BCUT2D eigenvalue weighted by Gasteiger charge is 2.20. The van der Waals surface area contributed by atoms with Gasteiger partial charge in [0.15, 0.2) is 5.11 Å². The lowest BCUT2D eigenvalue weighted by Gasteiger charge is -2.19. The van der Waals surface area contributed by atoms with E-state index in [2.05, 4.69) is 20.3 Å². The smallest absolute Gasteiger partial charge is 0.328 e. The van der Waals surface area contributed by atoms with Crippen LogP contribution in [0.5, 0.6) is 0 Å². The van der Waals surface area contributed by atoms with Crippen molar-refractivity contribution < 1.29 is 17.9 Å². The Hall–Kier alpha value is -2.56. The molecule has 0 aliphatic carbocycles. The first-order valence-electron chi connectivity index (χ1n) is 10.5. The standard InChI is InChI=1S/C22H30N4O4S2/c1-3-30-21(27)20(26-22(31)24-16-18-7-6-13-23-15-18)8-4-5-14-25-32(28,29)19-11-9-17(2)10-12-19/h6-7,9-13,15,20,25H,3-5,8,14,16H2,1-2H3,(H2,24,26,31). The van der Waals surface area contributed by atoms with E-state index in [1.54, 1.807) is 43.6 Å². The van der Waals surface area contributed by atoms with Gasteiger partial charge in [0.1, 0.15) is 6.04 Å². The summed E-state index contributed by atoms with van der Waals surface area (Å²) in [7, 11) is -3.55. The summed E-state index contributed by atoms with van der Waals surface area (Å²) in [5.74, 6) is -0.390. The van der Waals surface area contributed by atoms with Gasteiger partial charge in [0.2, 0.25) is 10.0 Å². The number of esters is 1. The summed E-state index contributed by atoms with van der Waals surface area (Å²) in [5.41, 5.74) is 1.96. The highest BCUT2D eigenvalue weighted by Crippen LogP contribution is 2.10. The molecule has 0 radical (unpaired) electrons. The third-order valence-electron chi connectivity index (χ3n) is 4.60. The minimum Gasteiger partial charge on any atom is -0.464 e. The monoisotopic (exact) mass is 478 g/mol. The molecule has 8 nitrogen and oxygen atoms in total. The number of aromatic nitrogens is 1. The van der Waals surface area contributed by atoms with Gasteiger partial charge in [-0.15, -0.1) is 0 Å². The maximum atomic E-state index is 12.3. The number of thiocarbonyl (C=S) groups is 1. The molecule has 3 N–H and O–H groups in total. The molecular weight excluding hydrogens is 448 g/mol. The molecule has 1 unspecified atom stereocenters. The molecule has 0 saturated heterocycles. The topological polar surface area (TPSA) is 109 Å². The third kappa shape index (κ3) is 8.89. The average Bonchev–Trinajstić information content (AvgIpc) is 2.77. The molecule has 0 aliphatic rings. The van der Waals surface area contributed by atoms with Crippen LogP contribution < -0.4 is 15.4 Å². The fourth-order valence-electron chi connectivity index (χ4n) is 2.87. The number of hydrogen-bond donors (Lipinski definition) is 3. The second-order valence-electron chi connectivity index (χ2n) is 7.20. The lowest BCUT2D eigenvalue weighted by molar-refractivity contribution is -0.145. The molecular formula is C22H30N4O4S2. The summed E-state index contributed by atoms with van der Waals surface area (Å²) >= 11 is 5.30. The van der Waals surface area contributed by atoms with Gasteiger partial charge in [-0.3, -0.25) is 4.98 Å². The van der Waals surface area contributed by atoms with Gasteiger partial charge in [0, 0.05) is 25.5 Å². The van der Waals surface area contributed by atoms with E-state index in [1.807, 2.05) is 19.1 Å². The number of nitrogens with one attached hydrogen (secondary N) is 3. The van der Waals surface area contributed by atoms with Crippen molar-refractivity contribution in [3.8, 4) is 0 Å². The van der Waals surface area contributed by atoms with E-state index in [4.69, 9.17) is 17.0 Å². The molecule has 1 heterocycles. The van der Waals surface area contributed by atoms with Gasteiger partial charge in [-0.05, 0) is 69.1 Å². The van der Waals surface area contributed by atoms with Gasteiger partial charge in [0.25, 0.3) is 0 Å². The Balaban J connectivity index is 1.79. The lowest BCUT2D eigenvalue weighted by Crippen LogP contribution is -2.46. The van der Waals surface area contributed by atoms with Crippen LogP contribution in [-0.4, -0.2) is 43.7 Å². The van der Waals surface area contributed by atoms with E-state index in [0.717, 1.165) is 11.1 Å². The molecule has 0 fully saturated rings. The predicted molar refractivity (Wildman–Crippen MR) is 127 cm³/mol. The van der Waals surface area contributed by atoms with E-state index in [-0.39, 0.29) is 18.0 Å². The zero-order valence-corrected chi connectivity index (χ0v) is 20.0. The van der Waals surface area contributed by atoms with Gasteiger partial charge in [0.05, 0.1) is 11.5 Å². The van der Waals surface area contributed by atoms with Crippen molar-refractivity contribution in [3.63, 3.8) is 0 Å². The van der Waals surface area contributed by atoms with Crippen LogP contribution >= 0.6 is 12.2 Å². The largest absolute Gasteiger partial charge is 0.464 e. The molecule has 0 bridgehead atoms. The number of nitrogens with zero attached hydrogens (tertiary/aromatic N) is 1. The fourth-order valence-corrected chi connectivity index (χ4v) is 4.16. The number of carbonyl (C=O) groups excluding carboxylic acids is 1. The van der Waals surface area contributed by atoms with Gasteiger partial charge in [-0.2, -0.15) is 0 Å². The van der Waals surface area contributed by atoms with Gasteiger partial charge >= 0.3 is 5.97 Å². The minimum absolute atomic E-state index is 0.235. The number of sulfonamides is 1. The van der Waals surface area contributed by atoms with E-state index in [9.17, 15) is 13.2 Å². The molecule has 174 valence electrons. The number of benzene rings is 1. The Morgan fingerprint density at radius 1 is 1.19 bits per heavy atom. The van der Waals surface area contributed by atoms with Crippen molar-refractivity contribution in [2.45, 2.75) is 50.6 Å². The second-order valence-corrected chi connectivity index (χ2v) is 9.37. The number of carbonyl (C=O) groups is 1. The SMILES string of the molecule is CCOC(=O)C(CCCCNS(=O)(=O)c1ccc(C)cc1)NC(=S)NCc1cccnc1. The normalized spacial score (nSPS) is 12.1. The molecule has 0 saturated carbocycles. The first-order chi connectivity index (χ1) is 15.3.